The van der Waals surface area contributed by atoms with Gasteiger partial charge in [-0.2, -0.15) is 0 Å². The number of aromatic nitrogens is 3. The van der Waals surface area contributed by atoms with Crippen LogP contribution in [0.3, 0.4) is 0 Å². The minimum absolute atomic E-state index is 0.0203. The van der Waals surface area contributed by atoms with Crippen LogP contribution in [-0.4, -0.2) is 57.9 Å². The first-order valence-electron chi connectivity index (χ1n) is 11.8. The summed E-state index contributed by atoms with van der Waals surface area (Å²) in [5.41, 5.74) is 9.27. The van der Waals surface area contributed by atoms with E-state index >= 15 is 0 Å². The van der Waals surface area contributed by atoms with Crippen molar-refractivity contribution in [1.29, 1.82) is 0 Å². The fourth-order valence-electron chi connectivity index (χ4n) is 5.21. The number of benzene rings is 1. The second kappa shape index (κ2) is 8.90. The number of carbonyl (C=O) groups excluding carboxylic acids is 1. The Kier molecular flexibility index (Phi) is 5.83. The van der Waals surface area contributed by atoms with Gasteiger partial charge in [0, 0.05) is 49.4 Å². The normalized spacial score (nSPS) is 19.3. The van der Waals surface area contributed by atoms with Gasteiger partial charge in [-0.25, -0.2) is 9.97 Å². The summed E-state index contributed by atoms with van der Waals surface area (Å²) in [5, 5.41) is 1.20. The highest BCUT2D eigenvalue weighted by atomic mass is 16.1. The lowest BCUT2D eigenvalue weighted by atomic mass is 9.89. The maximum Gasteiger partial charge on any atom is 0.164 e. The van der Waals surface area contributed by atoms with E-state index in [-0.39, 0.29) is 6.04 Å². The van der Waals surface area contributed by atoms with Crippen molar-refractivity contribution < 1.29 is 4.79 Å². The lowest BCUT2D eigenvalue weighted by Crippen LogP contribution is -2.50. The van der Waals surface area contributed by atoms with E-state index in [4.69, 9.17) is 10.7 Å². The minimum atomic E-state index is -0.0203. The van der Waals surface area contributed by atoms with E-state index in [0.717, 1.165) is 62.5 Å². The highest BCUT2D eigenvalue weighted by Gasteiger charge is 2.23. The number of hydrogen-bond acceptors (Lipinski definition) is 6. The molecule has 2 aliphatic rings. The van der Waals surface area contributed by atoms with Crippen LogP contribution in [0.25, 0.3) is 16.7 Å². The molecule has 1 atom stereocenters. The van der Waals surface area contributed by atoms with Crippen LogP contribution in [0.15, 0.2) is 36.7 Å². The Morgan fingerprint density at radius 2 is 1.88 bits per heavy atom. The summed E-state index contributed by atoms with van der Waals surface area (Å²) in [6, 6.07) is 8.56. The van der Waals surface area contributed by atoms with E-state index < -0.39 is 0 Å². The summed E-state index contributed by atoms with van der Waals surface area (Å²) in [4.78, 5) is 25.3. The van der Waals surface area contributed by atoms with E-state index in [1.54, 1.807) is 6.20 Å². The molecule has 2 aromatic heterocycles. The Hall–Kier alpha value is -2.93. The number of rotatable bonds is 5. The number of nitrogens with two attached hydrogens (primary N) is 1. The summed E-state index contributed by atoms with van der Waals surface area (Å²) in [7, 11) is 0. The Labute approximate surface area is 189 Å². The molecule has 3 aromatic rings. The Morgan fingerprint density at radius 1 is 1.09 bits per heavy atom. The van der Waals surface area contributed by atoms with Crippen molar-refractivity contribution >= 4 is 28.6 Å². The van der Waals surface area contributed by atoms with E-state index in [9.17, 15) is 4.79 Å². The molecule has 1 aliphatic carbocycles. The maximum absolute atomic E-state index is 11.1. The third-order valence-electron chi connectivity index (χ3n) is 7.15. The largest absolute Gasteiger partial charge is 0.394 e. The SMILES string of the molecule is CC(C=O)N1CCN(c2cccc3c2ccn3-c2nc(C3CCCCC3)ncc2N)CC1. The minimum Gasteiger partial charge on any atom is -0.394 e. The van der Waals surface area contributed by atoms with Crippen LogP contribution >= 0.6 is 0 Å². The average molecular weight is 433 g/mol. The van der Waals surface area contributed by atoms with Crippen LogP contribution in [-0.2, 0) is 4.79 Å². The maximum atomic E-state index is 11.1. The molecule has 0 spiro atoms. The molecule has 1 saturated carbocycles. The molecule has 7 heteroatoms. The summed E-state index contributed by atoms with van der Waals surface area (Å²) >= 11 is 0. The Balaban J connectivity index is 1.46. The van der Waals surface area contributed by atoms with Gasteiger partial charge in [0.05, 0.1) is 23.4 Å². The molecule has 1 unspecified atom stereocenters. The van der Waals surface area contributed by atoms with Gasteiger partial charge in [-0.05, 0) is 38.0 Å². The van der Waals surface area contributed by atoms with Gasteiger partial charge in [-0.1, -0.05) is 25.3 Å². The Bertz CT molecular complexity index is 1100. The van der Waals surface area contributed by atoms with Gasteiger partial charge < -0.3 is 15.4 Å². The van der Waals surface area contributed by atoms with Crippen LogP contribution in [0.1, 0.15) is 50.8 Å². The van der Waals surface area contributed by atoms with Crippen molar-refractivity contribution in [2.45, 2.75) is 51.0 Å². The van der Waals surface area contributed by atoms with E-state index in [2.05, 4.69) is 49.8 Å². The second-order valence-corrected chi connectivity index (χ2v) is 9.14. The average Bonchev–Trinajstić information content (AvgIpc) is 3.28. The van der Waals surface area contributed by atoms with Gasteiger partial charge >= 0.3 is 0 Å². The van der Waals surface area contributed by atoms with Crippen molar-refractivity contribution in [2.75, 3.05) is 36.8 Å². The summed E-state index contributed by atoms with van der Waals surface area (Å²) in [6.45, 7) is 5.56. The first-order valence-corrected chi connectivity index (χ1v) is 11.8. The number of nitrogen functional groups attached to an aromatic ring is 1. The molecule has 5 rings (SSSR count). The van der Waals surface area contributed by atoms with Crippen LogP contribution in [0.5, 0.6) is 0 Å². The standard InChI is InChI=1S/C25H32N6O/c1-18(17-32)29-12-14-30(15-13-29)22-8-5-9-23-20(22)10-11-31(23)25-21(26)16-27-24(28-25)19-6-3-2-4-7-19/h5,8-11,16-19H,2-4,6-7,12-15,26H2,1H3. The molecular formula is C25H32N6O. The number of carbonyl (C=O) groups is 1. The van der Waals surface area contributed by atoms with Gasteiger partial charge in [-0.3, -0.25) is 9.47 Å². The van der Waals surface area contributed by atoms with Gasteiger partial charge in [0.2, 0.25) is 0 Å². The summed E-state index contributed by atoms with van der Waals surface area (Å²) < 4.78 is 2.10. The fraction of sp³-hybridized carbons (Fsp3) is 0.480. The highest BCUT2D eigenvalue weighted by Crippen LogP contribution is 2.34. The predicted molar refractivity (Wildman–Crippen MR) is 128 cm³/mol. The van der Waals surface area contributed by atoms with Gasteiger partial charge in [0.15, 0.2) is 5.82 Å². The molecule has 2 fully saturated rings. The summed E-state index contributed by atoms with van der Waals surface area (Å²) in [6.07, 6.45) is 11.0. The quantitative estimate of drug-likeness (QED) is 0.619. The third-order valence-corrected chi connectivity index (χ3v) is 7.15. The number of hydrogen-bond donors (Lipinski definition) is 1. The van der Waals surface area contributed by atoms with E-state index in [1.165, 1.54) is 30.3 Å². The number of piperazine rings is 1. The monoisotopic (exact) mass is 432 g/mol. The first-order chi connectivity index (χ1) is 15.7. The lowest BCUT2D eigenvalue weighted by molar-refractivity contribution is -0.112. The Morgan fingerprint density at radius 3 is 2.62 bits per heavy atom. The van der Waals surface area contributed by atoms with Crippen molar-refractivity contribution in [3.63, 3.8) is 0 Å². The fourth-order valence-corrected chi connectivity index (χ4v) is 5.21. The second-order valence-electron chi connectivity index (χ2n) is 9.14. The first kappa shape index (κ1) is 20.9. The van der Waals surface area contributed by atoms with Crippen LogP contribution in [0.4, 0.5) is 11.4 Å². The van der Waals surface area contributed by atoms with Gasteiger partial charge in [-0.15, -0.1) is 0 Å². The number of anilines is 2. The molecule has 1 aromatic carbocycles. The van der Waals surface area contributed by atoms with Crippen LogP contribution in [0.2, 0.25) is 0 Å². The smallest absolute Gasteiger partial charge is 0.164 e. The molecule has 0 radical (unpaired) electrons. The molecule has 0 bridgehead atoms. The van der Waals surface area contributed by atoms with Crippen molar-refractivity contribution in [1.82, 2.24) is 19.4 Å². The number of fused-ring (bicyclic) bond motifs is 1. The topological polar surface area (TPSA) is 80.3 Å². The predicted octanol–water partition coefficient (Wildman–Crippen LogP) is 3.76. The highest BCUT2D eigenvalue weighted by molar-refractivity contribution is 5.94. The summed E-state index contributed by atoms with van der Waals surface area (Å²) in [5.74, 6) is 2.13. The molecule has 1 saturated heterocycles. The zero-order valence-electron chi connectivity index (χ0n) is 18.8. The van der Waals surface area contributed by atoms with Crippen LogP contribution < -0.4 is 10.6 Å². The molecule has 32 heavy (non-hydrogen) atoms. The van der Waals surface area contributed by atoms with Crippen molar-refractivity contribution in [2.24, 2.45) is 0 Å². The number of nitrogens with zero attached hydrogens (tertiary/aromatic N) is 5. The molecule has 0 amide bonds. The molecule has 7 nitrogen and oxygen atoms in total. The molecule has 2 N–H and O–H groups in total. The van der Waals surface area contributed by atoms with E-state index in [0.29, 0.717) is 11.6 Å². The molecule has 3 heterocycles. The molecule has 1 aliphatic heterocycles. The van der Waals surface area contributed by atoms with Gasteiger partial charge in [0.25, 0.3) is 0 Å². The molecule has 168 valence electrons. The molecular weight excluding hydrogens is 400 g/mol. The zero-order valence-corrected chi connectivity index (χ0v) is 18.8. The number of aldehydes is 1. The van der Waals surface area contributed by atoms with Crippen molar-refractivity contribution in [3.8, 4) is 5.82 Å². The van der Waals surface area contributed by atoms with E-state index in [1.807, 2.05) is 6.92 Å². The lowest BCUT2D eigenvalue weighted by Gasteiger charge is -2.37. The van der Waals surface area contributed by atoms with Crippen molar-refractivity contribution in [3.05, 3.63) is 42.5 Å². The third kappa shape index (κ3) is 3.86. The zero-order chi connectivity index (χ0) is 22.1. The van der Waals surface area contributed by atoms with Crippen LogP contribution in [0, 0.1) is 0 Å². The van der Waals surface area contributed by atoms with Gasteiger partial charge in [0.1, 0.15) is 12.1 Å².